The summed E-state index contributed by atoms with van der Waals surface area (Å²) in [7, 11) is -3.86. The Balaban J connectivity index is 1.91. The van der Waals surface area contributed by atoms with Crippen LogP contribution in [-0.4, -0.2) is 49.5 Å². The average molecular weight is 665 g/mol. The number of hydrogen-bond acceptors (Lipinski definition) is 4. The summed E-state index contributed by atoms with van der Waals surface area (Å²) in [6.07, 6.45) is 1.23. The van der Waals surface area contributed by atoms with E-state index in [-0.39, 0.29) is 49.9 Å². The molecule has 1 N–H and O–H groups in total. The maximum atomic E-state index is 13.9. The van der Waals surface area contributed by atoms with E-state index in [1.54, 1.807) is 0 Å². The lowest BCUT2D eigenvalue weighted by atomic mass is 10.00. The van der Waals surface area contributed by atoms with Crippen LogP contribution in [0.5, 0.6) is 0 Å². The molecule has 0 bridgehead atoms. The first-order valence-corrected chi connectivity index (χ1v) is 16.1. The van der Waals surface area contributed by atoms with E-state index in [9.17, 15) is 26.8 Å². The largest absolute Gasteiger partial charge is 0.350 e. The third-order valence-corrected chi connectivity index (χ3v) is 8.04. The first-order valence-electron chi connectivity index (χ1n) is 13.5. The summed E-state index contributed by atoms with van der Waals surface area (Å²) < 4.78 is 54.1. The van der Waals surface area contributed by atoms with Crippen molar-refractivity contribution in [1.29, 1.82) is 0 Å². The highest BCUT2D eigenvalue weighted by molar-refractivity contribution is 9.10. The third kappa shape index (κ3) is 9.90. The van der Waals surface area contributed by atoms with E-state index in [0.29, 0.717) is 0 Å². The Morgan fingerprint density at radius 3 is 2.19 bits per heavy atom. The molecule has 0 aliphatic carbocycles. The highest BCUT2D eigenvalue weighted by Crippen LogP contribution is 2.23. The van der Waals surface area contributed by atoms with Crippen molar-refractivity contribution in [1.82, 2.24) is 10.2 Å². The van der Waals surface area contributed by atoms with Crippen LogP contribution >= 0.6 is 15.9 Å². The summed E-state index contributed by atoms with van der Waals surface area (Å²) in [5, 5.41) is 3.00. The number of hydrogen-bond donors (Lipinski definition) is 1. The van der Waals surface area contributed by atoms with Crippen molar-refractivity contribution in [3.8, 4) is 0 Å². The van der Waals surface area contributed by atoms with Gasteiger partial charge in [0.1, 0.15) is 6.04 Å². The van der Waals surface area contributed by atoms with E-state index in [1.807, 2.05) is 75.4 Å². The van der Waals surface area contributed by atoms with E-state index in [0.717, 1.165) is 38.3 Å². The lowest BCUT2D eigenvalue weighted by Crippen LogP contribution is -2.54. The Labute approximate surface area is 255 Å². The van der Waals surface area contributed by atoms with Gasteiger partial charge in [-0.2, -0.15) is 0 Å². The molecular formula is C31H36BrF2N3O4S. The summed E-state index contributed by atoms with van der Waals surface area (Å²) in [5.41, 5.74) is 1.09. The van der Waals surface area contributed by atoms with Gasteiger partial charge in [-0.25, -0.2) is 17.2 Å². The molecule has 2 amide bonds. The van der Waals surface area contributed by atoms with E-state index in [2.05, 4.69) is 21.2 Å². The summed E-state index contributed by atoms with van der Waals surface area (Å²) >= 11 is 3.46. The fraction of sp³-hybridized carbons (Fsp3) is 0.355. The number of sulfonamides is 1. The van der Waals surface area contributed by atoms with E-state index in [4.69, 9.17) is 0 Å². The van der Waals surface area contributed by atoms with Crippen LogP contribution in [0.25, 0.3) is 0 Å². The van der Waals surface area contributed by atoms with Gasteiger partial charge >= 0.3 is 0 Å². The molecule has 0 spiro atoms. The van der Waals surface area contributed by atoms with Crippen molar-refractivity contribution in [2.24, 2.45) is 0 Å². The monoisotopic (exact) mass is 663 g/mol. The number of nitrogens with one attached hydrogen (secondary N) is 1. The minimum absolute atomic E-state index is 0.0404. The first-order chi connectivity index (χ1) is 19.6. The molecule has 0 aromatic heterocycles. The Bertz CT molecular complexity index is 1500. The van der Waals surface area contributed by atoms with Gasteiger partial charge in [-0.3, -0.25) is 13.9 Å². The van der Waals surface area contributed by atoms with Crippen LogP contribution in [0.15, 0.2) is 77.3 Å². The van der Waals surface area contributed by atoms with Crippen LogP contribution in [0.3, 0.4) is 0 Å². The van der Waals surface area contributed by atoms with Gasteiger partial charge in [0.15, 0.2) is 11.6 Å². The molecule has 3 aromatic carbocycles. The number of halogens is 3. The summed E-state index contributed by atoms with van der Waals surface area (Å²) in [5.74, 6) is -2.93. The van der Waals surface area contributed by atoms with Crippen molar-refractivity contribution in [3.05, 3.63) is 100 Å². The molecule has 3 rings (SSSR count). The number of amides is 2. The second kappa shape index (κ2) is 14.2. The van der Waals surface area contributed by atoms with Gasteiger partial charge in [0, 0.05) is 42.0 Å². The van der Waals surface area contributed by atoms with Gasteiger partial charge in [-0.1, -0.05) is 58.4 Å². The Morgan fingerprint density at radius 2 is 1.60 bits per heavy atom. The molecule has 11 heteroatoms. The summed E-state index contributed by atoms with van der Waals surface area (Å²) in [4.78, 5) is 29.0. The lowest BCUT2D eigenvalue weighted by molar-refractivity contribution is -0.142. The number of rotatable bonds is 12. The van der Waals surface area contributed by atoms with Crippen LogP contribution in [0.1, 0.15) is 44.7 Å². The van der Waals surface area contributed by atoms with E-state index in [1.165, 1.54) is 11.0 Å². The quantitative estimate of drug-likeness (QED) is 0.264. The minimum atomic E-state index is -3.86. The number of anilines is 1. The molecule has 0 unspecified atom stereocenters. The zero-order valence-corrected chi connectivity index (χ0v) is 26.5. The second-order valence-corrected chi connectivity index (χ2v) is 14.0. The molecule has 0 aliphatic rings. The van der Waals surface area contributed by atoms with Gasteiger partial charge in [0.25, 0.3) is 0 Å². The predicted octanol–water partition coefficient (Wildman–Crippen LogP) is 5.83. The molecular weight excluding hydrogens is 628 g/mol. The van der Waals surface area contributed by atoms with Gasteiger partial charge < -0.3 is 10.2 Å². The molecule has 0 heterocycles. The third-order valence-electron chi connectivity index (χ3n) is 6.35. The van der Waals surface area contributed by atoms with Gasteiger partial charge in [0.05, 0.1) is 11.9 Å². The van der Waals surface area contributed by atoms with Crippen LogP contribution < -0.4 is 9.62 Å². The fourth-order valence-electron chi connectivity index (χ4n) is 4.48. The molecule has 0 saturated carbocycles. The Hall–Kier alpha value is -3.31. The van der Waals surface area contributed by atoms with Crippen LogP contribution in [0, 0.1) is 11.6 Å². The highest BCUT2D eigenvalue weighted by atomic mass is 79.9. The fourth-order valence-corrected chi connectivity index (χ4v) is 5.89. The number of benzene rings is 3. The van der Waals surface area contributed by atoms with Crippen molar-refractivity contribution in [3.63, 3.8) is 0 Å². The molecule has 42 heavy (non-hydrogen) atoms. The Morgan fingerprint density at radius 1 is 0.929 bits per heavy atom. The maximum absolute atomic E-state index is 13.9. The molecule has 7 nitrogen and oxygen atoms in total. The molecule has 3 aromatic rings. The number of nitrogens with zero attached hydrogens (tertiary/aromatic N) is 2. The lowest BCUT2D eigenvalue weighted by Gasteiger charge is -2.34. The predicted molar refractivity (Wildman–Crippen MR) is 164 cm³/mol. The minimum Gasteiger partial charge on any atom is -0.350 e. The molecule has 1 atom stereocenters. The molecule has 0 saturated heterocycles. The smallest absolute Gasteiger partial charge is 0.243 e. The zero-order chi connectivity index (χ0) is 31.1. The molecule has 226 valence electrons. The second-order valence-electron chi connectivity index (χ2n) is 11.1. The van der Waals surface area contributed by atoms with Crippen LogP contribution in [0.2, 0.25) is 0 Å². The van der Waals surface area contributed by atoms with Gasteiger partial charge in [-0.15, -0.1) is 0 Å². The molecule has 0 fully saturated rings. The normalized spacial score (nSPS) is 12.5. The molecule has 0 aliphatic heterocycles. The number of carbonyl (C=O) groups is 2. The van der Waals surface area contributed by atoms with Crippen LogP contribution in [0.4, 0.5) is 14.5 Å². The average Bonchev–Trinajstić information content (AvgIpc) is 2.89. The molecule has 0 radical (unpaired) electrons. The van der Waals surface area contributed by atoms with E-state index >= 15 is 0 Å². The number of carbonyl (C=O) groups excluding carboxylic acids is 2. The first kappa shape index (κ1) is 33.2. The summed E-state index contributed by atoms with van der Waals surface area (Å²) in [6.45, 7) is 5.60. The summed E-state index contributed by atoms with van der Waals surface area (Å²) in [6, 6.07) is 18.8. The standard InChI is InChI=1S/C31H36BrF2N3O4S/c1-31(2,3)35-30(39)28(19-22-10-6-5-7-11-22)36(21-23-12-8-13-24(32)18-23)29(38)14-9-17-37(42(4,40)41)25-15-16-26(33)27(34)20-25/h5-8,10-13,15-16,18,20,28H,9,14,17,19,21H2,1-4H3,(H,35,39)/t28-/m0/s1. The Kier molecular flexibility index (Phi) is 11.3. The van der Waals surface area contributed by atoms with Crippen LogP contribution in [-0.2, 0) is 32.6 Å². The highest BCUT2D eigenvalue weighted by Gasteiger charge is 2.32. The van der Waals surface area contributed by atoms with Gasteiger partial charge in [-0.05, 0) is 62.6 Å². The van der Waals surface area contributed by atoms with Gasteiger partial charge in [0.2, 0.25) is 21.8 Å². The van der Waals surface area contributed by atoms with Crippen molar-refractivity contribution < 1.29 is 26.8 Å². The van der Waals surface area contributed by atoms with Crippen molar-refractivity contribution in [2.45, 2.75) is 58.2 Å². The SMILES string of the molecule is CC(C)(C)NC(=O)[C@H](Cc1ccccc1)N(Cc1cccc(Br)c1)C(=O)CCCN(c1ccc(F)c(F)c1)S(C)(=O)=O. The topological polar surface area (TPSA) is 86.8 Å². The van der Waals surface area contributed by atoms with Crippen molar-refractivity contribution in [2.75, 3.05) is 17.1 Å². The zero-order valence-electron chi connectivity index (χ0n) is 24.1. The van der Waals surface area contributed by atoms with Crippen molar-refractivity contribution >= 4 is 43.5 Å². The maximum Gasteiger partial charge on any atom is 0.243 e. The van der Waals surface area contributed by atoms with E-state index < -0.39 is 33.2 Å².